The lowest BCUT2D eigenvalue weighted by atomic mass is 10.0. The highest BCUT2D eigenvalue weighted by Gasteiger charge is 2.12. The first-order valence-electron chi connectivity index (χ1n) is 6.71. The predicted octanol–water partition coefficient (Wildman–Crippen LogP) is 4.30. The summed E-state index contributed by atoms with van der Waals surface area (Å²) in [6.07, 6.45) is 2.22. The lowest BCUT2D eigenvalue weighted by molar-refractivity contribution is -0.385. The van der Waals surface area contributed by atoms with Crippen molar-refractivity contribution in [2.24, 2.45) is 0 Å². The van der Waals surface area contributed by atoms with E-state index in [9.17, 15) is 10.1 Å². The van der Waals surface area contributed by atoms with Crippen LogP contribution < -0.4 is 10.6 Å². The Balaban J connectivity index is 1.83. The maximum atomic E-state index is 10.8. The van der Waals surface area contributed by atoms with Crippen LogP contribution in [0.5, 0.6) is 0 Å². The molecule has 6 heteroatoms. The summed E-state index contributed by atoms with van der Waals surface area (Å²) >= 11 is 1.99. The van der Waals surface area contributed by atoms with E-state index in [4.69, 9.17) is 0 Å². The van der Waals surface area contributed by atoms with E-state index in [2.05, 4.69) is 22.8 Å². The number of nitrogens with zero attached hydrogens (tertiary/aromatic N) is 1. The van der Waals surface area contributed by atoms with E-state index >= 15 is 0 Å². The fraction of sp³-hybridized carbons (Fsp3) is 0.200. The van der Waals surface area contributed by atoms with Gasteiger partial charge in [0.05, 0.1) is 8.49 Å². The van der Waals surface area contributed by atoms with Crippen molar-refractivity contribution in [2.75, 3.05) is 17.2 Å². The smallest absolute Gasteiger partial charge is 0.282 e. The van der Waals surface area contributed by atoms with Gasteiger partial charge in [-0.3, -0.25) is 10.1 Å². The summed E-state index contributed by atoms with van der Waals surface area (Å²) in [5, 5.41) is 17.5. The fourth-order valence-corrected chi connectivity index (χ4v) is 3.16. The first kappa shape index (κ1) is 14.1. The summed E-state index contributed by atoms with van der Waals surface area (Å²) < 4.78 is 0.627. The summed E-state index contributed by atoms with van der Waals surface area (Å²) in [7, 11) is 0. The van der Waals surface area contributed by atoms with Crippen molar-refractivity contribution >= 4 is 45.3 Å². The number of hydrogen-bond acceptors (Lipinski definition) is 4. The van der Waals surface area contributed by atoms with Crippen LogP contribution in [0.3, 0.4) is 0 Å². The van der Waals surface area contributed by atoms with Gasteiger partial charge in [-0.1, -0.05) is 0 Å². The summed E-state index contributed by atoms with van der Waals surface area (Å²) in [4.78, 5) is 10.5. The molecule has 5 nitrogen and oxygen atoms in total. The van der Waals surface area contributed by atoms with Crippen LogP contribution in [0.2, 0.25) is 0 Å². The zero-order chi connectivity index (χ0) is 14.8. The molecule has 0 radical (unpaired) electrons. The number of aryl methyl sites for hydroxylation is 1. The van der Waals surface area contributed by atoms with Gasteiger partial charge in [-0.05, 0) is 71.3 Å². The number of anilines is 3. The van der Waals surface area contributed by atoms with Gasteiger partial charge in [0.15, 0.2) is 0 Å². The molecule has 0 aromatic heterocycles. The third-order valence-electron chi connectivity index (χ3n) is 3.48. The molecule has 1 heterocycles. The van der Waals surface area contributed by atoms with E-state index in [0.717, 1.165) is 30.8 Å². The molecule has 0 bridgehead atoms. The highest BCUT2D eigenvalue weighted by atomic mass is 127. The lowest BCUT2D eigenvalue weighted by Crippen LogP contribution is -2.11. The molecule has 0 spiro atoms. The van der Waals surface area contributed by atoms with Gasteiger partial charge in [0.2, 0.25) is 0 Å². The van der Waals surface area contributed by atoms with Crippen LogP contribution in [-0.2, 0) is 6.42 Å². The van der Waals surface area contributed by atoms with Gasteiger partial charge in [-0.15, -0.1) is 0 Å². The second-order valence-corrected chi connectivity index (χ2v) is 6.11. The second kappa shape index (κ2) is 5.88. The quantitative estimate of drug-likeness (QED) is 0.462. The molecule has 1 aliphatic rings. The Morgan fingerprint density at radius 3 is 2.71 bits per heavy atom. The molecule has 0 amide bonds. The monoisotopic (exact) mass is 395 g/mol. The van der Waals surface area contributed by atoms with E-state index in [-0.39, 0.29) is 10.6 Å². The first-order valence-corrected chi connectivity index (χ1v) is 7.79. The van der Waals surface area contributed by atoms with Gasteiger partial charge in [0.25, 0.3) is 5.69 Å². The van der Waals surface area contributed by atoms with Crippen molar-refractivity contribution in [3.63, 3.8) is 0 Å². The highest BCUT2D eigenvalue weighted by molar-refractivity contribution is 14.1. The predicted molar refractivity (Wildman–Crippen MR) is 92.3 cm³/mol. The lowest BCUT2D eigenvalue weighted by Gasteiger charge is -2.19. The van der Waals surface area contributed by atoms with E-state index < -0.39 is 0 Å². The Morgan fingerprint density at radius 1 is 1.19 bits per heavy atom. The van der Waals surface area contributed by atoms with E-state index in [1.165, 1.54) is 17.3 Å². The molecule has 0 aliphatic carbocycles. The Labute approximate surface area is 136 Å². The maximum Gasteiger partial charge on any atom is 0.282 e. The molecule has 108 valence electrons. The van der Waals surface area contributed by atoms with Crippen molar-refractivity contribution in [1.82, 2.24) is 0 Å². The van der Waals surface area contributed by atoms with E-state index in [1.54, 1.807) is 12.1 Å². The molecule has 0 atom stereocenters. The van der Waals surface area contributed by atoms with Crippen LogP contribution >= 0.6 is 22.6 Å². The van der Waals surface area contributed by atoms with Gasteiger partial charge in [0, 0.05) is 29.7 Å². The second-order valence-electron chi connectivity index (χ2n) is 4.95. The van der Waals surface area contributed by atoms with Crippen molar-refractivity contribution < 1.29 is 4.92 Å². The minimum absolute atomic E-state index is 0.135. The van der Waals surface area contributed by atoms with Crippen molar-refractivity contribution in [3.8, 4) is 0 Å². The maximum absolute atomic E-state index is 10.8. The number of nitro groups is 1. The third kappa shape index (κ3) is 3.10. The Kier molecular flexibility index (Phi) is 3.96. The molecular weight excluding hydrogens is 381 g/mol. The van der Waals surface area contributed by atoms with Crippen molar-refractivity contribution in [2.45, 2.75) is 12.8 Å². The molecule has 21 heavy (non-hydrogen) atoms. The molecule has 0 unspecified atom stereocenters. The zero-order valence-electron chi connectivity index (χ0n) is 11.2. The van der Waals surface area contributed by atoms with Crippen LogP contribution in [-0.4, -0.2) is 11.5 Å². The van der Waals surface area contributed by atoms with Crippen LogP contribution in [0, 0.1) is 13.7 Å². The third-order valence-corrected chi connectivity index (χ3v) is 4.34. The van der Waals surface area contributed by atoms with Crippen LogP contribution in [0.15, 0.2) is 36.4 Å². The van der Waals surface area contributed by atoms with Gasteiger partial charge < -0.3 is 10.6 Å². The van der Waals surface area contributed by atoms with Crippen molar-refractivity contribution in [1.29, 1.82) is 0 Å². The van der Waals surface area contributed by atoms with Gasteiger partial charge >= 0.3 is 0 Å². The number of rotatable bonds is 3. The molecule has 3 rings (SSSR count). The summed E-state index contributed by atoms with van der Waals surface area (Å²) in [6.45, 7) is 1.03. The van der Waals surface area contributed by atoms with E-state index in [1.807, 2.05) is 28.7 Å². The highest BCUT2D eigenvalue weighted by Crippen LogP contribution is 2.29. The van der Waals surface area contributed by atoms with E-state index in [0.29, 0.717) is 3.57 Å². The number of halogens is 1. The molecule has 0 fully saturated rings. The average Bonchev–Trinajstić information content (AvgIpc) is 2.47. The first-order chi connectivity index (χ1) is 10.1. The van der Waals surface area contributed by atoms with Gasteiger partial charge in [0.1, 0.15) is 0 Å². The molecule has 0 saturated carbocycles. The van der Waals surface area contributed by atoms with Gasteiger partial charge in [-0.25, -0.2) is 0 Å². The number of nitro benzene ring substituents is 1. The average molecular weight is 395 g/mol. The molecule has 2 N–H and O–H groups in total. The number of benzene rings is 2. The SMILES string of the molecule is O=[N+]([O-])c1ccc(Nc2ccc3c(c2)CCCN3)cc1I. The van der Waals surface area contributed by atoms with Gasteiger partial charge in [-0.2, -0.15) is 0 Å². The minimum Gasteiger partial charge on any atom is -0.385 e. The Hall–Kier alpha value is -1.83. The molecule has 1 aliphatic heterocycles. The minimum atomic E-state index is -0.365. The fourth-order valence-electron chi connectivity index (χ4n) is 2.45. The summed E-state index contributed by atoms with van der Waals surface area (Å²) in [5.74, 6) is 0. The summed E-state index contributed by atoms with van der Waals surface area (Å²) in [6, 6.07) is 11.3. The van der Waals surface area contributed by atoms with Crippen LogP contribution in [0.4, 0.5) is 22.7 Å². The Morgan fingerprint density at radius 2 is 1.95 bits per heavy atom. The molecule has 0 saturated heterocycles. The number of hydrogen-bond donors (Lipinski definition) is 2. The standard InChI is InChI=1S/C15H14IN3O2/c16-13-9-12(4-6-15(13)19(20)21)18-11-3-5-14-10(8-11)2-1-7-17-14/h3-6,8-9,17-18H,1-2,7H2. The molecule has 2 aromatic rings. The normalized spacial score (nSPS) is 13.2. The largest absolute Gasteiger partial charge is 0.385 e. The number of fused-ring (bicyclic) bond motifs is 1. The van der Waals surface area contributed by atoms with Crippen molar-refractivity contribution in [3.05, 3.63) is 55.6 Å². The van der Waals surface area contributed by atoms with Crippen LogP contribution in [0.25, 0.3) is 0 Å². The zero-order valence-corrected chi connectivity index (χ0v) is 13.4. The topological polar surface area (TPSA) is 67.2 Å². The molecule has 2 aromatic carbocycles. The molecular formula is C15H14IN3O2. The van der Waals surface area contributed by atoms with Crippen LogP contribution in [0.1, 0.15) is 12.0 Å². The summed E-state index contributed by atoms with van der Waals surface area (Å²) in [5.41, 5.74) is 4.50. The Bertz CT molecular complexity index is 703. The number of nitrogens with one attached hydrogen (secondary N) is 2.